The smallest absolute Gasteiger partial charge is 0.248 e. The number of H-pyrrole nitrogens is 1. The van der Waals surface area contributed by atoms with Crippen LogP contribution in [0.25, 0.3) is 22.2 Å². The monoisotopic (exact) mass is 486 g/mol. The minimum Gasteiger partial charge on any atom is -0.490 e. The molecular formula is C24H24Cl2N4O3. The zero-order chi connectivity index (χ0) is 21.8. The average molecular weight is 487 g/mol. The summed E-state index contributed by atoms with van der Waals surface area (Å²) in [6, 6.07) is 22.2. The molecule has 7 nitrogen and oxygen atoms in total. The number of amidine groups is 1. The van der Waals surface area contributed by atoms with Crippen molar-refractivity contribution in [2.24, 2.45) is 11.5 Å². The molecule has 0 spiro atoms. The van der Waals surface area contributed by atoms with E-state index in [1.54, 1.807) is 36.4 Å². The Bertz CT molecular complexity index is 1240. The molecule has 0 radical (unpaired) electrons. The van der Waals surface area contributed by atoms with Gasteiger partial charge in [0.1, 0.15) is 30.5 Å². The van der Waals surface area contributed by atoms with Gasteiger partial charge in [-0.25, -0.2) is 0 Å². The highest BCUT2D eigenvalue weighted by atomic mass is 35.5. The van der Waals surface area contributed by atoms with Crippen molar-refractivity contribution in [2.75, 3.05) is 13.2 Å². The number of benzene rings is 3. The molecule has 0 aliphatic rings. The number of carbonyl (C=O) groups excluding carboxylic acids is 1. The number of ether oxygens (including phenoxy) is 2. The number of primary amides is 1. The minimum absolute atomic E-state index is 0. The van der Waals surface area contributed by atoms with Crippen LogP contribution >= 0.6 is 24.8 Å². The van der Waals surface area contributed by atoms with Crippen molar-refractivity contribution in [1.29, 1.82) is 5.41 Å². The Morgan fingerprint density at radius 1 is 0.788 bits per heavy atom. The highest BCUT2D eigenvalue weighted by Gasteiger charge is 2.07. The Morgan fingerprint density at radius 2 is 1.33 bits per heavy atom. The van der Waals surface area contributed by atoms with E-state index in [1.807, 2.05) is 36.4 Å². The fraction of sp³-hybridized carbons (Fsp3) is 0.0833. The summed E-state index contributed by atoms with van der Waals surface area (Å²) in [4.78, 5) is 14.7. The zero-order valence-corrected chi connectivity index (χ0v) is 19.2. The summed E-state index contributed by atoms with van der Waals surface area (Å²) in [5.41, 5.74) is 14.7. The van der Waals surface area contributed by atoms with Crippen LogP contribution in [-0.2, 0) is 0 Å². The Labute approximate surface area is 203 Å². The summed E-state index contributed by atoms with van der Waals surface area (Å²) in [5, 5.41) is 8.40. The molecule has 1 aromatic heterocycles. The number of nitrogens with one attached hydrogen (secondary N) is 2. The van der Waals surface area contributed by atoms with Crippen molar-refractivity contribution in [2.45, 2.75) is 0 Å². The van der Waals surface area contributed by atoms with Gasteiger partial charge in [0.15, 0.2) is 0 Å². The lowest BCUT2D eigenvalue weighted by Gasteiger charge is -2.09. The van der Waals surface area contributed by atoms with Crippen LogP contribution in [0.3, 0.4) is 0 Å². The zero-order valence-electron chi connectivity index (χ0n) is 17.5. The number of hydrogen-bond donors (Lipinski definition) is 4. The lowest BCUT2D eigenvalue weighted by molar-refractivity contribution is 0.100. The van der Waals surface area contributed by atoms with Gasteiger partial charge in [-0.2, -0.15) is 0 Å². The summed E-state index contributed by atoms with van der Waals surface area (Å²) in [5.74, 6) is 1.02. The molecule has 0 unspecified atom stereocenters. The number of amides is 1. The molecule has 0 bridgehead atoms. The molecule has 0 atom stereocenters. The molecule has 4 aromatic rings. The molecule has 6 N–H and O–H groups in total. The summed E-state index contributed by atoms with van der Waals surface area (Å²) in [7, 11) is 0. The average Bonchev–Trinajstić information content (AvgIpc) is 3.21. The third-order valence-electron chi connectivity index (χ3n) is 4.86. The first-order chi connectivity index (χ1) is 15.0. The predicted octanol–water partition coefficient (Wildman–Crippen LogP) is 4.52. The van der Waals surface area contributed by atoms with E-state index in [9.17, 15) is 4.79 Å². The van der Waals surface area contributed by atoms with Gasteiger partial charge in [0, 0.05) is 27.7 Å². The highest BCUT2D eigenvalue weighted by molar-refractivity contribution is 5.98. The second-order valence-corrected chi connectivity index (χ2v) is 7.01. The van der Waals surface area contributed by atoms with Gasteiger partial charge in [-0.1, -0.05) is 6.07 Å². The van der Waals surface area contributed by atoms with Crippen LogP contribution in [0.2, 0.25) is 0 Å². The van der Waals surface area contributed by atoms with E-state index in [2.05, 4.69) is 4.98 Å². The van der Waals surface area contributed by atoms with Crippen LogP contribution < -0.4 is 20.9 Å². The Morgan fingerprint density at radius 3 is 1.88 bits per heavy atom. The summed E-state index contributed by atoms with van der Waals surface area (Å²) in [6.45, 7) is 0.793. The number of fused-ring (bicyclic) bond motifs is 1. The minimum atomic E-state index is -0.448. The molecule has 0 saturated carbocycles. The lowest BCUT2D eigenvalue weighted by Crippen LogP contribution is -2.11. The van der Waals surface area contributed by atoms with Gasteiger partial charge >= 0.3 is 0 Å². The van der Waals surface area contributed by atoms with Crippen molar-refractivity contribution >= 4 is 47.5 Å². The van der Waals surface area contributed by atoms with Crippen molar-refractivity contribution < 1.29 is 14.3 Å². The normalized spacial score (nSPS) is 10.1. The van der Waals surface area contributed by atoms with E-state index in [0.29, 0.717) is 30.1 Å². The largest absolute Gasteiger partial charge is 0.490 e. The molecule has 3 aromatic carbocycles. The molecule has 0 aliphatic carbocycles. The molecule has 1 heterocycles. The molecule has 0 saturated heterocycles. The van der Waals surface area contributed by atoms with Crippen LogP contribution in [0.4, 0.5) is 0 Å². The molecule has 0 fully saturated rings. The van der Waals surface area contributed by atoms with Gasteiger partial charge in [0.05, 0.1) is 0 Å². The molecule has 0 aliphatic heterocycles. The third kappa shape index (κ3) is 6.19. The van der Waals surface area contributed by atoms with Crippen LogP contribution in [0.5, 0.6) is 11.5 Å². The standard InChI is InChI=1S/C24H22N4O3.2ClH/c25-23(26)16-5-9-20(10-6-16)31-12-11-30-19-7-3-15(4-8-19)21-13-17-1-2-18(24(27)29)14-22(17)28-21;;/h1-10,13-14,28H,11-12H2,(H3,25,26)(H2,27,29);2*1H. The third-order valence-corrected chi connectivity index (χ3v) is 4.86. The van der Waals surface area contributed by atoms with Crippen molar-refractivity contribution in [3.63, 3.8) is 0 Å². The van der Waals surface area contributed by atoms with E-state index >= 15 is 0 Å². The summed E-state index contributed by atoms with van der Waals surface area (Å²) >= 11 is 0. The van der Waals surface area contributed by atoms with E-state index in [-0.39, 0.29) is 30.6 Å². The van der Waals surface area contributed by atoms with Gasteiger partial charge in [-0.15, -0.1) is 24.8 Å². The fourth-order valence-electron chi connectivity index (χ4n) is 3.22. The number of aromatic amines is 1. The van der Waals surface area contributed by atoms with Crippen LogP contribution in [0.1, 0.15) is 15.9 Å². The number of carbonyl (C=O) groups is 1. The van der Waals surface area contributed by atoms with Crippen molar-refractivity contribution in [1.82, 2.24) is 4.98 Å². The van der Waals surface area contributed by atoms with Gasteiger partial charge in [-0.05, 0) is 72.3 Å². The Kier molecular flexibility index (Phi) is 8.73. The van der Waals surface area contributed by atoms with E-state index in [4.69, 9.17) is 26.4 Å². The van der Waals surface area contributed by atoms with Crippen LogP contribution in [0, 0.1) is 5.41 Å². The number of hydrogen-bond acceptors (Lipinski definition) is 4. The quantitative estimate of drug-likeness (QED) is 0.166. The summed E-state index contributed by atoms with van der Waals surface area (Å²) < 4.78 is 11.4. The number of aromatic nitrogens is 1. The van der Waals surface area contributed by atoms with Crippen LogP contribution in [0.15, 0.2) is 72.8 Å². The van der Waals surface area contributed by atoms with Crippen molar-refractivity contribution in [3.05, 3.63) is 83.9 Å². The molecule has 33 heavy (non-hydrogen) atoms. The highest BCUT2D eigenvalue weighted by Crippen LogP contribution is 2.26. The molecular weight excluding hydrogens is 463 g/mol. The number of rotatable bonds is 8. The first-order valence-electron chi connectivity index (χ1n) is 9.73. The first-order valence-corrected chi connectivity index (χ1v) is 9.73. The second-order valence-electron chi connectivity index (χ2n) is 7.01. The van der Waals surface area contributed by atoms with Gasteiger partial charge in [-0.3, -0.25) is 10.2 Å². The summed E-state index contributed by atoms with van der Waals surface area (Å²) in [6.07, 6.45) is 0. The number of halogens is 2. The molecule has 172 valence electrons. The first kappa shape index (κ1) is 25.6. The Hall–Kier alpha value is -3.68. The van der Waals surface area contributed by atoms with Gasteiger partial charge < -0.3 is 25.9 Å². The molecule has 1 amide bonds. The van der Waals surface area contributed by atoms with E-state index in [0.717, 1.165) is 27.9 Å². The maximum atomic E-state index is 11.4. The number of nitrogens with two attached hydrogens (primary N) is 2. The van der Waals surface area contributed by atoms with E-state index < -0.39 is 5.91 Å². The van der Waals surface area contributed by atoms with E-state index in [1.165, 1.54) is 0 Å². The number of nitrogen functional groups attached to an aromatic ring is 1. The molecule has 9 heteroatoms. The Balaban J connectivity index is 0.00000193. The van der Waals surface area contributed by atoms with Crippen molar-refractivity contribution in [3.8, 4) is 22.8 Å². The maximum absolute atomic E-state index is 11.4. The van der Waals surface area contributed by atoms with Gasteiger partial charge in [0.25, 0.3) is 0 Å². The second kappa shape index (κ2) is 11.3. The topological polar surface area (TPSA) is 127 Å². The maximum Gasteiger partial charge on any atom is 0.248 e. The lowest BCUT2D eigenvalue weighted by atomic mass is 10.1. The SMILES string of the molecule is Cl.Cl.N=C(N)c1ccc(OCCOc2ccc(-c3cc4ccc(C(N)=O)cc4[nH]3)cc2)cc1. The van der Waals surface area contributed by atoms with Crippen LogP contribution in [-0.4, -0.2) is 29.9 Å². The predicted molar refractivity (Wildman–Crippen MR) is 135 cm³/mol. The fourth-order valence-corrected chi connectivity index (χ4v) is 3.22. The molecule has 4 rings (SSSR count). The van der Waals surface area contributed by atoms with Gasteiger partial charge in [0.2, 0.25) is 5.91 Å².